The quantitative estimate of drug-likeness (QED) is 0.528. The Morgan fingerprint density at radius 1 is 1.33 bits per heavy atom. The van der Waals surface area contributed by atoms with Gasteiger partial charge in [-0.05, 0) is 19.8 Å². The first-order valence-corrected chi connectivity index (χ1v) is 3.16. The molecule has 0 aliphatic heterocycles. The number of methoxy groups -OCH3 is 2. The molecule has 0 N–H and O–H groups in total. The lowest BCUT2D eigenvalue weighted by Crippen LogP contribution is -1.96. The summed E-state index contributed by atoms with van der Waals surface area (Å²) in [6, 6.07) is 0. The Kier molecular flexibility index (Phi) is 5.99. The van der Waals surface area contributed by atoms with Gasteiger partial charge in [0.25, 0.3) is 0 Å². The molecular weight excluding hydrogens is 116 g/mol. The van der Waals surface area contributed by atoms with Crippen molar-refractivity contribution >= 4 is 0 Å². The average molecular weight is 131 g/mol. The van der Waals surface area contributed by atoms with E-state index in [4.69, 9.17) is 9.47 Å². The van der Waals surface area contributed by atoms with Gasteiger partial charge in [0.15, 0.2) is 0 Å². The van der Waals surface area contributed by atoms with Crippen LogP contribution in [0.2, 0.25) is 0 Å². The van der Waals surface area contributed by atoms with Gasteiger partial charge < -0.3 is 9.47 Å². The third-order valence-corrected chi connectivity index (χ3v) is 1.23. The molecule has 0 saturated carbocycles. The third-order valence-electron chi connectivity index (χ3n) is 1.23. The van der Waals surface area contributed by atoms with Crippen molar-refractivity contribution in [2.45, 2.75) is 19.8 Å². The van der Waals surface area contributed by atoms with Crippen molar-refractivity contribution in [3.8, 4) is 0 Å². The van der Waals surface area contributed by atoms with Crippen molar-refractivity contribution in [1.82, 2.24) is 0 Å². The molecule has 0 aliphatic rings. The maximum atomic E-state index is 4.96. The maximum Gasteiger partial charge on any atom is 0.0937 e. The van der Waals surface area contributed by atoms with Gasteiger partial charge in [-0.25, -0.2) is 0 Å². The fourth-order valence-electron chi connectivity index (χ4n) is 0.568. The van der Waals surface area contributed by atoms with Crippen LogP contribution in [0.1, 0.15) is 19.8 Å². The number of rotatable bonds is 5. The Morgan fingerprint density at radius 3 is 2.44 bits per heavy atom. The summed E-state index contributed by atoms with van der Waals surface area (Å²) < 4.78 is 9.83. The van der Waals surface area contributed by atoms with Gasteiger partial charge in [-0.3, -0.25) is 0 Å². The van der Waals surface area contributed by atoms with Gasteiger partial charge >= 0.3 is 0 Å². The Balaban J connectivity index is 2.88. The van der Waals surface area contributed by atoms with Crippen molar-refractivity contribution in [3.05, 3.63) is 6.10 Å². The minimum absolute atomic E-state index is 0.820. The van der Waals surface area contributed by atoms with Crippen LogP contribution in [0.4, 0.5) is 0 Å². The topological polar surface area (TPSA) is 18.5 Å². The van der Waals surface area contributed by atoms with Gasteiger partial charge in [-0.2, -0.15) is 0 Å². The summed E-state index contributed by atoms with van der Waals surface area (Å²) in [6.07, 6.45) is 3.13. The van der Waals surface area contributed by atoms with Crippen molar-refractivity contribution < 1.29 is 9.47 Å². The molecule has 2 nitrogen and oxygen atoms in total. The van der Waals surface area contributed by atoms with Gasteiger partial charge in [0, 0.05) is 20.8 Å². The molecule has 0 aromatic heterocycles. The van der Waals surface area contributed by atoms with Crippen LogP contribution in [-0.2, 0) is 9.47 Å². The zero-order valence-corrected chi connectivity index (χ0v) is 6.44. The van der Waals surface area contributed by atoms with Crippen LogP contribution in [0.15, 0.2) is 0 Å². The molecule has 0 aliphatic carbocycles. The van der Waals surface area contributed by atoms with Crippen LogP contribution < -0.4 is 0 Å². The molecule has 1 radical (unpaired) electrons. The molecule has 0 saturated heterocycles. The summed E-state index contributed by atoms with van der Waals surface area (Å²) in [5.41, 5.74) is 0. The largest absolute Gasteiger partial charge is 0.385 e. The van der Waals surface area contributed by atoms with Crippen molar-refractivity contribution in [2.75, 3.05) is 20.8 Å². The van der Waals surface area contributed by atoms with Crippen molar-refractivity contribution in [2.24, 2.45) is 0 Å². The van der Waals surface area contributed by atoms with E-state index in [-0.39, 0.29) is 0 Å². The SMILES string of the molecule is COCCC[C](C)OC. The van der Waals surface area contributed by atoms with Gasteiger partial charge in [0.2, 0.25) is 0 Å². The molecule has 0 aromatic rings. The second-order valence-corrected chi connectivity index (χ2v) is 2.00. The Morgan fingerprint density at radius 2 is 2.00 bits per heavy atom. The minimum atomic E-state index is 0.820. The lowest BCUT2D eigenvalue weighted by atomic mass is 10.2. The third kappa shape index (κ3) is 5.80. The van der Waals surface area contributed by atoms with E-state index in [1.54, 1.807) is 14.2 Å². The molecule has 0 fully saturated rings. The second-order valence-electron chi connectivity index (χ2n) is 2.00. The molecule has 2 heteroatoms. The molecule has 0 spiro atoms. The standard InChI is InChI=1S/C7H15O2/c1-7(9-3)5-4-6-8-2/h4-6H2,1-3H3. The highest BCUT2D eigenvalue weighted by Crippen LogP contribution is 2.06. The second kappa shape index (κ2) is 6.05. The first kappa shape index (κ1) is 8.92. The summed E-state index contributed by atoms with van der Waals surface area (Å²) in [4.78, 5) is 0. The van der Waals surface area contributed by atoms with Gasteiger partial charge in [-0.1, -0.05) is 0 Å². The molecular formula is C7H15O2. The highest BCUT2D eigenvalue weighted by molar-refractivity contribution is 4.68. The molecule has 0 heterocycles. The highest BCUT2D eigenvalue weighted by Gasteiger charge is 1.97. The van der Waals surface area contributed by atoms with E-state index in [2.05, 4.69) is 0 Å². The summed E-state index contributed by atoms with van der Waals surface area (Å²) in [7, 11) is 3.41. The minimum Gasteiger partial charge on any atom is -0.385 e. The van der Waals surface area contributed by atoms with E-state index in [0.717, 1.165) is 25.6 Å². The van der Waals surface area contributed by atoms with Gasteiger partial charge in [0.05, 0.1) is 6.10 Å². The van der Waals surface area contributed by atoms with Crippen LogP contribution >= 0.6 is 0 Å². The van der Waals surface area contributed by atoms with E-state index in [1.807, 2.05) is 6.92 Å². The first-order valence-electron chi connectivity index (χ1n) is 3.16. The monoisotopic (exact) mass is 131 g/mol. The predicted molar refractivity (Wildman–Crippen MR) is 37.0 cm³/mol. The van der Waals surface area contributed by atoms with Crippen LogP contribution in [0.25, 0.3) is 0 Å². The summed E-state index contributed by atoms with van der Waals surface area (Å²) in [5.74, 6) is 0. The van der Waals surface area contributed by atoms with Crippen LogP contribution in [-0.4, -0.2) is 20.8 Å². The number of hydrogen-bond donors (Lipinski definition) is 0. The number of ether oxygens (including phenoxy) is 2. The van der Waals surface area contributed by atoms with E-state index in [0.29, 0.717) is 0 Å². The van der Waals surface area contributed by atoms with Gasteiger partial charge in [-0.15, -0.1) is 0 Å². The lowest BCUT2D eigenvalue weighted by molar-refractivity contribution is 0.165. The average Bonchev–Trinajstić information content (AvgIpc) is 1.89. The smallest absolute Gasteiger partial charge is 0.0937 e. The van der Waals surface area contributed by atoms with Crippen molar-refractivity contribution in [1.29, 1.82) is 0 Å². The van der Waals surface area contributed by atoms with Crippen molar-refractivity contribution in [3.63, 3.8) is 0 Å². The molecule has 9 heavy (non-hydrogen) atoms. The normalized spacial score (nSPS) is 10.7. The fraction of sp³-hybridized carbons (Fsp3) is 0.857. The van der Waals surface area contributed by atoms with E-state index >= 15 is 0 Å². The van der Waals surface area contributed by atoms with E-state index < -0.39 is 0 Å². The Labute approximate surface area is 57.2 Å². The lowest BCUT2D eigenvalue weighted by Gasteiger charge is -2.05. The summed E-state index contributed by atoms with van der Waals surface area (Å²) >= 11 is 0. The van der Waals surface area contributed by atoms with Crippen LogP contribution in [0, 0.1) is 6.10 Å². The molecule has 55 valence electrons. The molecule has 0 rings (SSSR count). The maximum absolute atomic E-state index is 4.96. The van der Waals surface area contributed by atoms with Crippen LogP contribution in [0.5, 0.6) is 0 Å². The number of hydrogen-bond acceptors (Lipinski definition) is 2. The van der Waals surface area contributed by atoms with Crippen LogP contribution in [0.3, 0.4) is 0 Å². The molecule has 0 amide bonds. The predicted octanol–water partition coefficient (Wildman–Crippen LogP) is 1.61. The Bertz CT molecular complexity index is 54.9. The molecule has 0 aromatic carbocycles. The van der Waals surface area contributed by atoms with E-state index in [1.165, 1.54) is 0 Å². The molecule has 0 unspecified atom stereocenters. The highest BCUT2D eigenvalue weighted by atomic mass is 16.5. The fourth-order valence-corrected chi connectivity index (χ4v) is 0.568. The zero-order valence-electron chi connectivity index (χ0n) is 6.44. The van der Waals surface area contributed by atoms with Gasteiger partial charge in [0.1, 0.15) is 0 Å². The zero-order chi connectivity index (χ0) is 7.11. The Hall–Kier alpha value is -0.0800. The summed E-state index contributed by atoms with van der Waals surface area (Å²) in [5, 5.41) is 0. The van der Waals surface area contributed by atoms with E-state index in [9.17, 15) is 0 Å². The first-order chi connectivity index (χ1) is 4.31. The summed E-state index contributed by atoms with van der Waals surface area (Å²) in [6.45, 7) is 2.80. The molecule has 0 bridgehead atoms. The molecule has 0 atom stereocenters.